The highest BCUT2D eigenvalue weighted by Gasteiger charge is 2.31. The summed E-state index contributed by atoms with van der Waals surface area (Å²) in [4.78, 5) is 15.8. The van der Waals surface area contributed by atoms with E-state index in [1.54, 1.807) is 36.5 Å². The van der Waals surface area contributed by atoms with Crippen molar-refractivity contribution in [3.8, 4) is 28.7 Å². The van der Waals surface area contributed by atoms with Crippen molar-refractivity contribution in [2.24, 2.45) is 5.92 Å². The van der Waals surface area contributed by atoms with E-state index in [9.17, 15) is 25.2 Å². The van der Waals surface area contributed by atoms with Crippen LogP contribution in [0.2, 0.25) is 0 Å². The Hall–Kier alpha value is -4.26. The number of likely N-dealkylation sites (N-methyl/N-ethyl adjacent to an activating group) is 1. The highest BCUT2D eigenvalue weighted by Crippen LogP contribution is 2.43. The minimum Gasteiger partial charge on any atom is -0.504 e. The number of aryl methyl sites for hydroxylation is 1. The molecule has 1 saturated heterocycles. The van der Waals surface area contributed by atoms with E-state index in [0.29, 0.717) is 55.8 Å². The SMILES string of the molecule is CCN[C@H](COc1cc([C@@H]2C[C@@H](O)C[C@H](CCc3ccc(O)c(OC)c3)O2)cc(OC)c1O)[C@H](CC(=O)O)Cc1ccnc(N)c1. The number of aliphatic carboxylic acids is 1. The topological polar surface area (TPSA) is 186 Å². The number of carboxylic acids is 1. The van der Waals surface area contributed by atoms with E-state index in [0.717, 1.165) is 11.1 Å². The molecule has 1 aromatic heterocycles. The van der Waals surface area contributed by atoms with Gasteiger partial charge < -0.3 is 50.4 Å². The van der Waals surface area contributed by atoms with Crippen molar-refractivity contribution in [2.75, 3.05) is 33.1 Å². The van der Waals surface area contributed by atoms with Gasteiger partial charge in [0.15, 0.2) is 23.0 Å². The third-order valence-electron chi connectivity index (χ3n) is 8.26. The summed E-state index contributed by atoms with van der Waals surface area (Å²) >= 11 is 0. The molecule has 2 heterocycles. The number of nitrogen functional groups attached to an aromatic ring is 1. The number of phenols is 2. The highest BCUT2D eigenvalue weighted by molar-refractivity contribution is 5.67. The Morgan fingerprint density at radius 1 is 1.07 bits per heavy atom. The molecule has 46 heavy (non-hydrogen) atoms. The normalized spacial score (nSPS) is 19.3. The number of aliphatic hydroxyl groups is 1. The van der Waals surface area contributed by atoms with Gasteiger partial charge in [0.25, 0.3) is 0 Å². The van der Waals surface area contributed by atoms with Crippen LogP contribution in [0.4, 0.5) is 5.82 Å². The average Bonchev–Trinajstić information content (AvgIpc) is 3.02. The Balaban J connectivity index is 1.50. The van der Waals surface area contributed by atoms with E-state index in [-0.39, 0.29) is 54.1 Å². The van der Waals surface area contributed by atoms with E-state index in [4.69, 9.17) is 24.7 Å². The molecule has 250 valence electrons. The summed E-state index contributed by atoms with van der Waals surface area (Å²) in [5.74, 6) is -0.290. The van der Waals surface area contributed by atoms with E-state index in [1.165, 1.54) is 14.2 Å². The zero-order chi connectivity index (χ0) is 33.2. The second-order valence-corrected chi connectivity index (χ2v) is 11.6. The number of ether oxygens (including phenoxy) is 4. The molecule has 0 radical (unpaired) electrons. The molecule has 4 rings (SSSR count). The zero-order valence-electron chi connectivity index (χ0n) is 26.5. The summed E-state index contributed by atoms with van der Waals surface area (Å²) in [5, 5.41) is 44.7. The third kappa shape index (κ3) is 9.38. The summed E-state index contributed by atoms with van der Waals surface area (Å²) < 4.78 is 23.3. The van der Waals surface area contributed by atoms with Crippen molar-refractivity contribution >= 4 is 11.8 Å². The molecule has 1 fully saturated rings. The van der Waals surface area contributed by atoms with Crippen molar-refractivity contribution in [3.63, 3.8) is 0 Å². The third-order valence-corrected chi connectivity index (χ3v) is 8.26. The van der Waals surface area contributed by atoms with Crippen molar-refractivity contribution in [2.45, 2.75) is 69.8 Å². The standard InChI is InChI=1S/C34H45N3O9/c1-4-36-26(22(16-33(40)41)11-21-9-10-37-32(35)13-21)19-45-31-15-23(14-30(44-3)34(31)42)28-18-24(38)17-25(46-28)7-5-20-6-8-27(39)29(12-20)43-2/h6,8-10,12-15,22,24-26,28,36,38-39,42H,4-5,7,11,16-19H2,1-3H3,(H2,35,37)(H,40,41)/t22-,24-,25-,26+,28-/m0/s1. The highest BCUT2D eigenvalue weighted by atomic mass is 16.5. The van der Waals surface area contributed by atoms with Gasteiger partial charge in [-0.15, -0.1) is 0 Å². The molecule has 12 heteroatoms. The summed E-state index contributed by atoms with van der Waals surface area (Å²) in [6, 6.07) is 11.7. The largest absolute Gasteiger partial charge is 0.504 e. The summed E-state index contributed by atoms with van der Waals surface area (Å²) in [5.41, 5.74) is 8.36. The molecular formula is C34H45N3O9. The van der Waals surface area contributed by atoms with Crippen molar-refractivity contribution in [3.05, 3.63) is 65.4 Å². The van der Waals surface area contributed by atoms with Crippen LogP contribution in [0.3, 0.4) is 0 Å². The van der Waals surface area contributed by atoms with E-state index in [1.807, 2.05) is 19.1 Å². The number of nitrogens with zero attached hydrogens (tertiary/aromatic N) is 1. The van der Waals surface area contributed by atoms with Crippen LogP contribution in [0.15, 0.2) is 48.7 Å². The van der Waals surface area contributed by atoms with Crippen LogP contribution in [-0.2, 0) is 22.4 Å². The number of nitrogens with one attached hydrogen (secondary N) is 1. The molecule has 1 aliphatic rings. The Kier molecular flexibility index (Phi) is 12.3. The number of aliphatic hydroxyl groups excluding tert-OH is 1. The molecule has 12 nitrogen and oxygen atoms in total. The van der Waals surface area contributed by atoms with E-state index >= 15 is 0 Å². The second kappa shape index (κ2) is 16.3. The van der Waals surface area contributed by atoms with E-state index < -0.39 is 18.2 Å². The first-order valence-corrected chi connectivity index (χ1v) is 15.5. The maximum Gasteiger partial charge on any atom is 0.303 e. The lowest BCUT2D eigenvalue weighted by atomic mass is 9.89. The van der Waals surface area contributed by atoms with Crippen LogP contribution in [0.25, 0.3) is 0 Å². The van der Waals surface area contributed by atoms with Gasteiger partial charge in [-0.25, -0.2) is 4.98 Å². The molecule has 0 spiro atoms. The predicted octanol–water partition coefficient (Wildman–Crippen LogP) is 4.00. The fourth-order valence-corrected chi connectivity index (χ4v) is 5.96. The number of hydrogen-bond acceptors (Lipinski definition) is 11. The van der Waals surface area contributed by atoms with Crippen LogP contribution in [0.5, 0.6) is 28.7 Å². The number of rotatable bonds is 16. The van der Waals surface area contributed by atoms with Gasteiger partial charge >= 0.3 is 5.97 Å². The monoisotopic (exact) mass is 639 g/mol. The van der Waals surface area contributed by atoms with Gasteiger partial charge in [-0.2, -0.15) is 0 Å². The molecule has 7 N–H and O–H groups in total. The second-order valence-electron chi connectivity index (χ2n) is 11.6. The number of carboxylic acid groups (broad SMARTS) is 1. The number of aromatic nitrogens is 1. The molecule has 0 unspecified atom stereocenters. The first kappa shape index (κ1) is 34.6. The molecule has 0 aliphatic carbocycles. The van der Waals surface area contributed by atoms with Crippen LogP contribution in [-0.4, -0.2) is 77.0 Å². The summed E-state index contributed by atoms with van der Waals surface area (Å²) in [7, 11) is 2.95. The number of nitrogens with two attached hydrogens (primary N) is 1. The number of pyridine rings is 1. The molecule has 2 aromatic carbocycles. The number of phenolic OH excluding ortho intramolecular Hbond substituents is 2. The molecular weight excluding hydrogens is 594 g/mol. The minimum atomic E-state index is -0.937. The fourth-order valence-electron chi connectivity index (χ4n) is 5.96. The van der Waals surface area contributed by atoms with Gasteiger partial charge in [0.05, 0.1) is 39.0 Å². The maximum absolute atomic E-state index is 11.8. The first-order chi connectivity index (χ1) is 22.1. The Bertz CT molecular complexity index is 1450. The first-order valence-electron chi connectivity index (χ1n) is 15.5. The quantitative estimate of drug-likeness (QED) is 0.133. The van der Waals surface area contributed by atoms with Gasteiger partial charge in [0, 0.05) is 18.7 Å². The average molecular weight is 640 g/mol. The number of benzene rings is 2. The van der Waals surface area contributed by atoms with Crippen LogP contribution in [0, 0.1) is 5.92 Å². The lowest BCUT2D eigenvalue weighted by Gasteiger charge is -2.34. The number of anilines is 1. The smallest absolute Gasteiger partial charge is 0.303 e. The van der Waals surface area contributed by atoms with Crippen molar-refractivity contribution in [1.82, 2.24) is 10.3 Å². The zero-order valence-corrected chi connectivity index (χ0v) is 26.5. The lowest BCUT2D eigenvalue weighted by molar-refractivity contribution is -0.138. The summed E-state index contributed by atoms with van der Waals surface area (Å²) in [6.45, 7) is 2.57. The Labute approximate surface area is 269 Å². The fraction of sp³-hybridized carbons (Fsp3) is 0.471. The number of methoxy groups -OCH3 is 2. The van der Waals surface area contributed by atoms with Crippen LogP contribution >= 0.6 is 0 Å². The number of hydrogen-bond donors (Lipinski definition) is 6. The van der Waals surface area contributed by atoms with Crippen LogP contribution in [0.1, 0.15) is 55.4 Å². The van der Waals surface area contributed by atoms with Gasteiger partial charge in [-0.3, -0.25) is 4.79 Å². The molecule has 1 aliphatic heterocycles. The molecule has 0 amide bonds. The Morgan fingerprint density at radius 3 is 2.52 bits per heavy atom. The van der Waals surface area contributed by atoms with Gasteiger partial charge in [0.2, 0.25) is 5.75 Å². The van der Waals surface area contributed by atoms with Gasteiger partial charge in [0.1, 0.15) is 12.4 Å². The van der Waals surface area contributed by atoms with Crippen molar-refractivity contribution < 1.29 is 44.2 Å². The molecule has 5 atom stereocenters. The number of aromatic hydroxyl groups is 2. The Morgan fingerprint density at radius 2 is 1.83 bits per heavy atom. The molecule has 3 aromatic rings. The van der Waals surface area contributed by atoms with Crippen molar-refractivity contribution in [1.29, 1.82) is 0 Å². The molecule has 0 bridgehead atoms. The van der Waals surface area contributed by atoms with Gasteiger partial charge in [-0.05, 0) is 91.2 Å². The maximum atomic E-state index is 11.8. The summed E-state index contributed by atoms with van der Waals surface area (Å²) in [6.07, 6.45) is 2.72. The van der Waals surface area contributed by atoms with Gasteiger partial charge in [-0.1, -0.05) is 13.0 Å². The molecule has 0 saturated carbocycles. The lowest BCUT2D eigenvalue weighted by Crippen LogP contribution is -2.42. The number of carbonyl (C=O) groups is 1. The van der Waals surface area contributed by atoms with Crippen LogP contribution < -0.4 is 25.3 Å². The predicted molar refractivity (Wildman–Crippen MR) is 172 cm³/mol. The minimum absolute atomic E-state index is 0.0688. The van der Waals surface area contributed by atoms with E-state index in [2.05, 4.69) is 10.3 Å².